The zero-order valence-electron chi connectivity index (χ0n) is 11.2. The monoisotopic (exact) mass is 270 g/mol. The highest BCUT2D eigenvalue weighted by Crippen LogP contribution is 2.22. The maximum Gasteiger partial charge on any atom is 0.309 e. The van der Waals surface area contributed by atoms with Gasteiger partial charge in [-0.3, -0.25) is 4.79 Å². The van der Waals surface area contributed by atoms with Crippen molar-refractivity contribution in [2.75, 3.05) is 18.0 Å². The molecule has 0 bridgehead atoms. The Morgan fingerprint density at radius 3 is 2.44 bits per heavy atom. The Morgan fingerprint density at radius 2 is 1.94 bits per heavy atom. The van der Waals surface area contributed by atoms with E-state index in [-0.39, 0.29) is 6.42 Å². The minimum absolute atomic E-state index is 0.0197. The molecular weight excluding hydrogens is 248 g/mol. The zero-order valence-corrected chi connectivity index (χ0v) is 12.0. The van der Waals surface area contributed by atoms with E-state index in [9.17, 15) is 4.79 Å². The Bertz CT molecular complexity index is 358. The maximum atomic E-state index is 10.6. The molecule has 1 heterocycles. The van der Waals surface area contributed by atoms with Crippen LogP contribution in [-0.2, 0) is 11.2 Å². The largest absolute Gasteiger partial charge is 0.481 e. The van der Waals surface area contributed by atoms with Crippen LogP contribution in [0, 0.1) is 0 Å². The van der Waals surface area contributed by atoms with Crippen LogP contribution in [0.4, 0.5) is 5.13 Å². The van der Waals surface area contributed by atoms with Gasteiger partial charge in [0.15, 0.2) is 5.13 Å². The van der Waals surface area contributed by atoms with Crippen LogP contribution in [0.1, 0.15) is 45.2 Å². The molecule has 4 nitrogen and oxygen atoms in total. The second-order valence-corrected chi connectivity index (χ2v) is 5.22. The number of unbranched alkanes of at least 4 members (excludes halogenated alkanes) is 2. The maximum absolute atomic E-state index is 10.6. The van der Waals surface area contributed by atoms with E-state index in [1.165, 1.54) is 0 Å². The van der Waals surface area contributed by atoms with Gasteiger partial charge in [-0.05, 0) is 12.8 Å². The van der Waals surface area contributed by atoms with E-state index >= 15 is 0 Å². The van der Waals surface area contributed by atoms with Crippen molar-refractivity contribution in [3.8, 4) is 0 Å². The molecule has 0 aliphatic carbocycles. The molecule has 1 N–H and O–H groups in total. The van der Waals surface area contributed by atoms with Gasteiger partial charge in [-0.2, -0.15) is 0 Å². The number of hydrogen-bond acceptors (Lipinski definition) is 4. The molecule has 0 amide bonds. The minimum atomic E-state index is -0.819. The van der Waals surface area contributed by atoms with Gasteiger partial charge >= 0.3 is 5.97 Å². The Morgan fingerprint density at radius 1 is 1.33 bits per heavy atom. The number of nitrogens with zero attached hydrogens (tertiary/aromatic N) is 2. The lowest BCUT2D eigenvalue weighted by Gasteiger charge is -2.21. The normalized spacial score (nSPS) is 10.6. The molecule has 1 aromatic rings. The molecule has 0 saturated heterocycles. The molecule has 1 aromatic heterocycles. The van der Waals surface area contributed by atoms with Crippen LogP contribution in [0.3, 0.4) is 0 Å². The lowest BCUT2D eigenvalue weighted by atomic mass is 10.3. The zero-order chi connectivity index (χ0) is 13.4. The number of carboxylic acid groups (broad SMARTS) is 1. The summed E-state index contributed by atoms with van der Waals surface area (Å²) in [6.07, 6.45) is 4.65. The summed E-state index contributed by atoms with van der Waals surface area (Å²) in [7, 11) is 0. The van der Waals surface area contributed by atoms with Crippen LogP contribution in [0.25, 0.3) is 0 Å². The summed E-state index contributed by atoms with van der Waals surface area (Å²) in [6, 6.07) is 0. The summed E-state index contributed by atoms with van der Waals surface area (Å²) in [5, 5.41) is 11.6. The third-order valence-electron chi connectivity index (χ3n) is 2.71. The molecule has 0 atom stereocenters. The van der Waals surface area contributed by atoms with Crippen LogP contribution < -0.4 is 4.90 Å². The van der Waals surface area contributed by atoms with Gasteiger partial charge in [0.1, 0.15) is 0 Å². The van der Waals surface area contributed by atoms with Crippen LogP contribution in [-0.4, -0.2) is 29.1 Å². The molecule has 0 radical (unpaired) electrons. The fraction of sp³-hybridized carbons (Fsp3) is 0.692. The summed E-state index contributed by atoms with van der Waals surface area (Å²) >= 11 is 1.55. The SMILES string of the molecule is CCCCN(CCCC)c1nc(CC(=O)O)cs1. The highest BCUT2D eigenvalue weighted by molar-refractivity contribution is 7.13. The first-order valence-corrected chi connectivity index (χ1v) is 7.46. The number of rotatable bonds is 9. The van der Waals surface area contributed by atoms with Crippen molar-refractivity contribution in [1.82, 2.24) is 4.98 Å². The quantitative estimate of drug-likeness (QED) is 0.749. The Kier molecular flexibility index (Phi) is 6.72. The Labute approximate surface area is 113 Å². The van der Waals surface area contributed by atoms with Gasteiger partial charge in [0.25, 0.3) is 0 Å². The van der Waals surface area contributed by atoms with Gasteiger partial charge in [-0.25, -0.2) is 4.98 Å². The van der Waals surface area contributed by atoms with Crippen molar-refractivity contribution in [1.29, 1.82) is 0 Å². The molecule has 0 aliphatic heterocycles. The van der Waals surface area contributed by atoms with Gasteiger partial charge in [-0.1, -0.05) is 26.7 Å². The fourth-order valence-electron chi connectivity index (χ4n) is 1.68. The number of aromatic nitrogens is 1. The van der Waals surface area contributed by atoms with Crippen molar-refractivity contribution in [2.45, 2.75) is 46.0 Å². The standard InChI is InChI=1S/C13H22N2O2S/c1-3-5-7-15(8-6-4-2)13-14-11(10-18-13)9-12(16)17/h10H,3-9H2,1-2H3,(H,16,17). The van der Waals surface area contributed by atoms with Crippen molar-refractivity contribution in [2.24, 2.45) is 0 Å². The molecule has 0 unspecified atom stereocenters. The lowest BCUT2D eigenvalue weighted by Crippen LogP contribution is -2.25. The number of hydrogen-bond donors (Lipinski definition) is 1. The van der Waals surface area contributed by atoms with Crippen LogP contribution in [0.15, 0.2) is 5.38 Å². The third kappa shape index (κ3) is 5.04. The van der Waals surface area contributed by atoms with Gasteiger partial charge in [0.05, 0.1) is 12.1 Å². The molecule has 102 valence electrons. The number of anilines is 1. The predicted octanol–water partition coefficient (Wildman–Crippen LogP) is 3.18. The molecular formula is C13H22N2O2S. The van der Waals surface area contributed by atoms with Crippen molar-refractivity contribution < 1.29 is 9.90 Å². The van der Waals surface area contributed by atoms with Gasteiger partial charge in [-0.15, -0.1) is 11.3 Å². The van der Waals surface area contributed by atoms with E-state index in [1.807, 2.05) is 5.38 Å². The summed E-state index contributed by atoms with van der Waals surface area (Å²) in [6.45, 7) is 6.37. The Balaban J connectivity index is 2.64. The van der Waals surface area contributed by atoms with Crippen LogP contribution >= 0.6 is 11.3 Å². The molecule has 0 spiro atoms. The number of aliphatic carboxylic acids is 1. The molecule has 0 fully saturated rings. The Hall–Kier alpha value is -1.10. The second-order valence-electron chi connectivity index (χ2n) is 4.39. The lowest BCUT2D eigenvalue weighted by molar-refractivity contribution is -0.136. The van der Waals surface area contributed by atoms with Crippen molar-refractivity contribution in [3.63, 3.8) is 0 Å². The van der Waals surface area contributed by atoms with Crippen molar-refractivity contribution in [3.05, 3.63) is 11.1 Å². The average molecular weight is 270 g/mol. The van der Waals surface area contributed by atoms with Crippen LogP contribution in [0.5, 0.6) is 0 Å². The minimum Gasteiger partial charge on any atom is -0.481 e. The summed E-state index contributed by atoms with van der Waals surface area (Å²) < 4.78 is 0. The first kappa shape index (κ1) is 15.0. The molecule has 0 aliphatic rings. The fourth-order valence-corrected chi connectivity index (χ4v) is 2.56. The topological polar surface area (TPSA) is 53.4 Å². The van der Waals surface area contributed by atoms with Crippen LogP contribution in [0.2, 0.25) is 0 Å². The van der Waals surface area contributed by atoms with E-state index in [0.717, 1.165) is 43.9 Å². The molecule has 18 heavy (non-hydrogen) atoms. The van der Waals surface area contributed by atoms with E-state index < -0.39 is 5.97 Å². The number of carboxylic acids is 1. The van der Waals surface area contributed by atoms with E-state index in [2.05, 4.69) is 23.7 Å². The predicted molar refractivity (Wildman–Crippen MR) is 75.5 cm³/mol. The summed E-state index contributed by atoms with van der Waals surface area (Å²) in [5.41, 5.74) is 0.667. The molecule has 0 saturated carbocycles. The van der Waals surface area contributed by atoms with E-state index in [1.54, 1.807) is 11.3 Å². The molecule has 1 rings (SSSR count). The highest BCUT2D eigenvalue weighted by atomic mass is 32.1. The van der Waals surface area contributed by atoms with Crippen molar-refractivity contribution >= 4 is 22.4 Å². The number of carbonyl (C=O) groups is 1. The second kappa shape index (κ2) is 8.08. The highest BCUT2D eigenvalue weighted by Gasteiger charge is 2.11. The summed E-state index contributed by atoms with van der Waals surface area (Å²) in [4.78, 5) is 17.3. The van der Waals surface area contributed by atoms with E-state index in [4.69, 9.17) is 5.11 Å². The van der Waals surface area contributed by atoms with Gasteiger partial charge in [0.2, 0.25) is 0 Å². The van der Waals surface area contributed by atoms with Gasteiger partial charge in [0, 0.05) is 18.5 Å². The number of thiazole rings is 1. The smallest absolute Gasteiger partial charge is 0.309 e. The van der Waals surface area contributed by atoms with Gasteiger partial charge < -0.3 is 10.0 Å². The molecule has 5 heteroatoms. The van der Waals surface area contributed by atoms with E-state index in [0.29, 0.717) is 5.69 Å². The first-order valence-electron chi connectivity index (χ1n) is 6.58. The first-order chi connectivity index (χ1) is 8.67. The molecule has 0 aromatic carbocycles. The third-order valence-corrected chi connectivity index (χ3v) is 3.66. The average Bonchev–Trinajstić information content (AvgIpc) is 2.77. The summed E-state index contributed by atoms with van der Waals surface area (Å²) in [5.74, 6) is -0.819.